The third-order valence-corrected chi connectivity index (χ3v) is 5.99. The molecule has 0 saturated heterocycles. The Labute approximate surface area is 159 Å². The van der Waals surface area contributed by atoms with E-state index in [-0.39, 0.29) is 11.6 Å². The fourth-order valence-electron chi connectivity index (χ4n) is 4.50. The maximum Gasteiger partial charge on any atom is 0.435 e. The number of H-pyrrole nitrogens is 1. The fraction of sp³-hybridized carbons (Fsp3) is 0.400. The normalized spacial score (nSPS) is 21.1. The van der Waals surface area contributed by atoms with Crippen molar-refractivity contribution in [2.45, 2.75) is 44.8 Å². The van der Waals surface area contributed by atoms with Crippen molar-refractivity contribution in [3.05, 3.63) is 51.3 Å². The summed E-state index contributed by atoms with van der Waals surface area (Å²) in [4.78, 5) is 0. The van der Waals surface area contributed by atoms with Crippen LogP contribution in [0.5, 0.6) is 0 Å². The first-order valence-electron chi connectivity index (χ1n) is 9.45. The molecule has 0 bridgehead atoms. The van der Waals surface area contributed by atoms with Crippen LogP contribution in [-0.4, -0.2) is 22.3 Å². The summed E-state index contributed by atoms with van der Waals surface area (Å²) in [5, 5.41) is 17.8. The molecule has 1 atom stereocenters. The van der Waals surface area contributed by atoms with E-state index in [0.29, 0.717) is 5.70 Å². The number of rotatable bonds is 1. The van der Waals surface area contributed by atoms with Crippen molar-refractivity contribution in [1.29, 1.82) is 0 Å². The van der Waals surface area contributed by atoms with Gasteiger partial charge in [0.25, 0.3) is 0 Å². The standard InChI is InChI=1S/C20H20F3N5/c1-10-11-7-8-15-16(18(11)27-28(10)2)12-5-3-4-6-13(12)17(25-15)14-9-24-26-19(14)20(21,22)23/h7-10,25H,3-6H2,1-2H3,(H,24,26). The summed E-state index contributed by atoms with van der Waals surface area (Å²) in [5.41, 5.74) is 3.76. The summed E-state index contributed by atoms with van der Waals surface area (Å²) in [7, 11) is 1.95. The van der Waals surface area contributed by atoms with Gasteiger partial charge in [-0.05, 0) is 49.8 Å². The van der Waals surface area contributed by atoms with Gasteiger partial charge < -0.3 is 5.32 Å². The van der Waals surface area contributed by atoms with Gasteiger partial charge in [-0.25, -0.2) is 0 Å². The van der Waals surface area contributed by atoms with Crippen LogP contribution in [0.25, 0.3) is 11.3 Å². The van der Waals surface area contributed by atoms with Gasteiger partial charge in [-0.1, -0.05) is 6.07 Å². The molecule has 3 aliphatic rings. The van der Waals surface area contributed by atoms with E-state index in [0.717, 1.165) is 58.7 Å². The molecular formula is C20H20F3N5. The quantitative estimate of drug-likeness (QED) is 0.787. The van der Waals surface area contributed by atoms with Crippen LogP contribution >= 0.6 is 0 Å². The van der Waals surface area contributed by atoms with Crippen molar-refractivity contribution >= 4 is 17.0 Å². The van der Waals surface area contributed by atoms with Crippen molar-refractivity contribution in [2.24, 2.45) is 5.10 Å². The monoisotopic (exact) mass is 387 g/mol. The number of hydrogen-bond acceptors (Lipinski definition) is 4. The summed E-state index contributed by atoms with van der Waals surface area (Å²) < 4.78 is 40.4. The van der Waals surface area contributed by atoms with Crippen molar-refractivity contribution in [2.75, 3.05) is 12.4 Å². The van der Waals surface area contributed by atoms with Gasteiger partial charge in [0, 0.05) is 35.3 Å². The SMILES string of the molecule is CC1c2ccc3c(c2=NN1C)=C1CCCCC1=C(c1c[nH]nc1C(F)(F)F)N3. The second kappa shape index (κ2) is 5.86. The Balaban J connectivity index is 1.81. The number of nitrogens with one attached hydrogen (secondary N) is 2. The molecule has 28 heavy (non-hydrogen) atoms. The average Bonchev–Trinajstić information content (AvgIpc) is 3.26. The van der Waals surface area contributed by atoms with E-state index >= 15 is 0 Å². The number of nitrogens with zero attached hydrogens (tertiary/aromatic N) is 3. The minimum atomic E-state index is -4.51. The second-order valence-electron chi connectivity index (χ2n) is 7.59. The van der Waals surface area contributed by atoms with Gasteiger partial charge in [0.05, 0.1) is 17.1 Å². The van der Waals surface area contributed by atoms with Crippen LogP contribution in [0.1, 0.15) is 55.5 Å². The highest BCUT2D eigenvalue weighted by Gasteiger charge is 2.39. The lowest BCUT2D eigenvalue weighted by Gasteiger charge is -2.28. The molecule has 2 N–H and O–H groups in total. The summed E-state index contributed by atoms with van der Waals surface area (Å²) in [5.74, 6) is 0. The highest BCUT2D eigenvalue weighted by Crippen LogP contribution is 2.41. The van der Waals surface area contributed by atoms with Crippen LogP contribution < -0.4 is 15.9 Å². The van der Waals surface area contributed by atoms with Gasteiger partial charge in [-0.15, -0.1) is 0 Å². The van der Waals surface area contributed by atoms with E-state index in [4.69, 9.17) is 5.10 Å². The Morgan fingerprint density at radius 1 is 1.14 bits per heavy atom. The van der Waals surface area contributed by atoms with Gasteiger partial charge in [0.2, 0.25) is 0 Å². The zero-order valence-electron chi connectivity index (χ0n) is 15.6. The fourth-order valence-corrected chi connectivity index (χ4v) is 4.50. The largest absolute Gasteiger partial charge is 0.435 e. The molecule has 1 fully saturated rings. The molecule has 0 amide bonds. The molecule has 5 nitrogen and oxygen atoms in total. The molecule has 2 aliphatic heterocycles. The molecule has 1 aromatic carbocycles. The number of anilines is 1. The lowest BCUT2D eigenvalue weighted by Crippen LogP contribution is -2.36. The van der Waals surface area contributed by atoms with Crippen LogP contribution in [0.2, 0.25) is 0 Å². The lowest BCUT2D eigenvalue weighted by atomic mass is 9.82. The number of aromatic amines is 1. The van der Waals surface area contributed by atoms with E-state index in [1.807, 2.05) is 24.2 Å². The van der Waals surface area contributed by atoms with Crippen LogP contribution in [0, 0.1) is 0 Å². The Morgan fingerprint density at radius 3 is 2.64 bits per heavy atom. The Bertz CT molecular complexity index is 1130. The number of halogens is 3. The maximum absolute atomic E-state index is 13.5. The van der Waals surface area contributed by atoms with Gasteiger partial charge in [-0.2, -0.15) is 23.4 Å². The van der Waals surface area contributed by atoms with Crippen molar-refractivity contribution in [3.8, 4) is 0 Å². The Kier molecular flexibility index (Phi) is 3.63. The first-order chi connectivity index (χ1) is 13.4. The first kappa shape index (κ1) is 17.3. The summed E-state index contributed by atoms with van der Waals surface area (Å²) in [6.07, 6.45) is 0.401. The smallest absolute Gasteiger partial charge is 0.354 e. The van der Waals surface area contributed by atoms with Crippen LogP contribution in [0.3, 0.4) is 0 Å². The van der Waals surface area contributed by atoms with Gasteiger partial charge >= 0.3 is 6.18 Å². The molecule has 5 rings (SSSR count). The predicted molar refractivity (Wildman–Crippen MR) is 99.4 cm³/mol. The average molecular weight is 387 g/mol. The molecule has 1 unspecified atom stereocenters. The van der Waals surface area contributed by atoms with Gasteiger partial charge in [-0.3, -0.25) is 10.1 Å². The van der Waals surface area contributed by atoms with Gasteiger partial charge in [0.1, 0.15) is 0 Å². The van der Waals surface area contributed by atoms with E-state index in [9.17, 15) is 13.2 Å². The highest BCUT2D eigenvalue weighted by atomic mass is 19.4. The predicted octanol–water partition coefficient (Wildman–Crippen LogP) is 3.53. The number of alkyl halides is 3. The summed E-state index contributed by atoms with van der Waals surface area (Å²) in [6, 6.07) is 4.17. The summed E-state index contributed by atoms with van der Waals surface area (Å²) in [6.45, 7) is 2.10. The molecule has 146 valence electrons. The molecule has 1 aromatic heterocycles. The molecule has 2 aromatic rings. The van der Waals surface area contributed by atoms with E-state index in [1.54, 1.807) is 0 Å². The van der Waals surface area contributed by atoms with Crippen molar-refractivity contribution in [1.82, 2.24) is 15.2 Å². The molecule has 0 spiro atoms. The molecule has 1 aliphatic carbocycles. The minimum Gasteiger partial charge on any atom is -0.354 e. The zero-order valence-corrected chi connectivity index (χ0v) is 15.6. The molecule has 8 heteroatoms. The molecule has 1 saturated carbocycles. The van der Waals surface area contributed by atoms with E-state index in [1.165, 1.54) is 6.20 Å². The van der Waals surface area contributed by atoms with Crippen LogP contribution in [0.15, 0.2) is 29.0 Å². The number of allylic oxidation sites excluding steroid dienone is 1. The van der Waals surface area contributed by atoms with E-state index in [2.05, 4.69) is 22.4 Å². The third-order valence-electron chi connectivity index (χ3n) is 5.99. The van der Waals surface area contributed by atoms with Gasteiger partial charge in [0.15, 0.2) is 5.69 Å². The van der Waals surface area contributed by atoms with Crippen LogP contribution in [0.4, 0.5) is 18.9 Å². The Morgan fingerprint density at radius 2 is 1.89 bits per heavy atom. The van der Waals surface area contributed by atoms with Crippen molar-refractivity contribution in [3.63, 3.8) is 0 Å². The molecule has 3 heterocycles. The number of aromatic nitrogens is 2. The maximum atomic E-state index is 13.5. The van der Waals surface area contributed by atoms with E-state index < -0.39 is 11.9 Å². The topological polar surface area (TPSA) is 56.3 Å². The first-order valence-corrected chi connectivity index (χ1v) is 9.45. The number of hydrogen-bond donors (Lipinski definition) is 2. The van der Waals surface area contributed by atoms with Crippen molar-refractivity contribution < 1.29 is 13.2 Å². The Hall–Kier alpha value is -2.77. The number of fused-ring (bicyclic) bond motifs is 4. The minimum absolute atomic E-state index is 0.0791. The summed E-state index contributed by atoms with van der Waals surface area (Å²) >= 11 is 0. The second-order valence-corrected chi connectivity index (χ2v) is 7.59. The third kappa shape index (κ3) is 2.40. The molecular weight excluding hydrogens is 367 g/mol. The van der Waals surface area contributed by atoms with Crippen LogP contribution in [-0.2, 0) is 6.18 Å². The lowest BCUT2D eigenvalue weighted by molar-refractivity contribution is -0.141. The zero-order chi connectivity index (χ0) is 19.6. The molecule has 0 radical (unpaired) electrons. The highest BCUT2D eigenvalue weighted by molar-refractivity contribution is 5.93. The number of benzene rings is 1.